The van der Waals surface area contributed by atoms with Crippen molar-refractivity contribution >= 4 is 11.9 Å². The molecule has 0 aromatic carbocycles. The summed E-state index contributed by atoms with van der Waals surface area (Å²) in [5.74, 6) is -0.854. The lowest BCUT2D eigenvalue weighted by Gasteiger charge is -2.31. The number of hydrogen-bond donors (Lipinski definition) is 3. The van der Waals surface area contributed by atoms with Crippen LogP contribution in [0.5, 0.6) is 0 Å². The smallest absolute Gasteiger partial charge is 0.311 e. The fourth-order valence-electron chi connectivity index (χ4n) is 3.41. The van der Waals surface area contributed by atoms with E-state index in [0.29, 0.717) is 6.42 Å². The fourth-order valence-corrected chi connectivity index (χ4v) is 3.41. The van der Waals surface area contributed by atoms with Crippen LogP contribution >= 0.6 is 0 Å². The van der Waals surface area contributed by atoms with Crippen LogP contribution in [0.15, 0.2) is 0 Å². The number of hydrogen-bond acceptors (Lipinski definition) is 3. The molecule has 2 aliphatic rings. The normalized spacial score (nSPS) is 38.9. The molecule has 0 heterocycles. The summed E-state index contributed by atoms with van der Waals surface area (Å²) in [6, 6.07) is -0.130. The van der Waals surface area contributed by atoms with E-state index in [0.717, 1.165) is 38.5 Å². The molecule has 1 amide bonds. The fraction of sp³-hybridized carbons (Fsp3) is 0.857. The Balaban J connectivity index is 1.96. The lowest BCUT2D eigenvalue weighted by atomic mass is 9.82. The Morgan fingerprint density at radius 2 is 2.00 bits per heavy atom. The Hall–Kier alpha value is -1.10. The second-order valence-corrected chi connectivity index (χ2v) is 6.30. The molecule has 2 rings (SSSR count). The first-order valence-corrected chi connectivity index (χ1v) is 7.23. The minimum atomic E-state index is -0.813. The molecule has 108 valence electrons. The van der Waals surface area contributed by atoms with Crippen LogP contribution < -0.4 is 11.1 Å². The van der Waals surface area contributed by atoms with E-state index in [1.54, 1.807) is 6.92 Å². The summed E-state index contributed by atoms with van der Waals surface area (Å²) in [4.78, 5) is 23.6. The van der Waals surface area contributed by atoms with Gasteiger partial charge in [0.1, 0.15) is 0 Å². The van der Waals surface area contributed by atoms with Crippen molar-refractivity contribution in [3.8, 4) is 0 Å². The standard InChI is InChI=1S/C14H24N2O3/c1-14(13(18)19)7-3-6-11(14)16-12(17)9-4-2-5-10(15)8-9/h9-11H,2-8,15H2,1H3,(H,16,17)(H,18,19). The average Bonchev–Trinajstić information content (AvgIpc) is 2.72. The third-order valence-electron chi connectivity index (χ3n) is 4.85. The number of rotatable bonds is 3. The first-order valence-electron chi connectivity index (χ1n) is 7.23. The number of nitrogens with one attached hydrogen (secondary N) is 1. The van der Waals surface area contributed by atoms with E-state index in [1.807, 2.05) is 0 Å². The topological polar surface area (TPSA) is 92.4 Å². The molecule has 0 aliphatic heterocycles. The average molecular weight is 268 g/mol. The van der Waals surface area contributed by atoms with Gasteiger partial charge in [0.2, 0.25) is 5.91 Å². The van der Waals surface area contributed by atoms with E-state index in [2.05, 4.69) is 5.32 Å². The predicted molar refractivity (Wildman–Crippen MR) is 71.5 cm³/mol. The summed E-state index contributed by atoms with van der Waals surface area (Å²) in [6.45, 7) is 1.74. The third kappa shape index (κ3) is 2.91. The van der Waals surface area contributed by atoms with Gasteiger partial charge in [-0.2, -0.15) is 0 Å². The lowest BCUT2D eigenvalue weighted by Crippen LogP contribution is -2.49. The summed E-state index contributed by atoms with van der Waals surface area (Å²) in [5.41, 5.74) is 5.09. The Morgan fingerprint density at radius 3 is 2.63 bits per heavy atom. The van der Waals surface area contributed by atoms with Gasteiger partial charge in [0.25, 0.3) is 0 Å². The molecule has 2 saturated carbocycles. The second kappa shape index (κ2) is 5.49. The van der Waals surface area contributed by atoms with Gasteiger partial charge in [0.15, 0.2) is 0 Å². The number of amides is 1. The zero-order valence-electron chi connectivity index (χ0n) is 11.5. The van der Waals surface area contributed by atoms with Gasteiger partial charge in [-0.25, -0.2) is 0 Å². The van der Waals surface area contributed by atoms with E-state index < -0.39 is 11.4 Å². The molecule has 5 nitrogen and oxygen atoms in total. The molecule has 0 saturated heterocycles. The predicted octanol–water partition coefficient (Wildman–Crippen LogP) is 1.26. The molecule has 0 aromatic heterocycles. The van der Waals surface area contributed by atoms with Crippen LogP contribution in [-0.4, -0.2) is 29.1 Å². The van der Waals surface area contributed by atoms with Crippen LogP contribution in [0.2, 0.25) is 0 Å². The Labute approximate surface area is 113 Å². The first-order chi connectivity index (χ1) is 8.93. The molecular weight excluding hydrogens is 244 g/mol. The SMILES string of the molecule is CC1(C(=O)O)CCCC1NC(=O)C1CCCC(N)C1. The first kappa shape index (κ1) is 14.3. The monoisotopic (exact) mass is 268 g/mol. The molecule has 0 spiro atoms. The molecule has 4 atom stereocenters. The highest BCUT2D eigenvalue weighted by molar-refractivity contribution is 5.81. The molecule has 4 N–H and O–H groups in total. The van der Waals surface area contributed by atoms with Crippen molar-refractivity contribution in [1.29, 1.82) is 0 Å². The Morgan fingerprint density at radius 1 is 1.26 bits per heavy atom. The molecule has 19 heavy (non-hydrogen) atoms. The Bertz CT molecular complexity index is 372. The van der Waals surface area contributed by atoms with E-state index in [1.165, 1.54) is 0 Å². The van der Waals surface area contributed by atoms with Gasteiger partial charge in [-0.1, -0.05) is 12.8 Å². The highest BCUT2D eigenvalue weighted by Gasteiger charge is 2.46. The number of carboxylic acids is 1. The van der Waals surface area contributed by atoms with Gasteiger partial charge in [-0.05, 0) is 39.0 Å². The highest BCUT2D eigenvalue weighted by atomic mass is 16.4. The van der Waals surface area contributed by atoms with Crippen LogP contribution in [0.4, 0.5) is 0 Å². The third-order valence-corrected chi connectivity index (χ3v) is 4.85. The van der Waals surface area contributed by atoms with Crippen molar-refractivity contribution < 1.29 is 14.7 Å². The summed E-state index contributed by atoms with van der Waals surface area (Å²) in [7, 11) is 0. The largest absolute Gasteiger partial charge is 0.481 e. The van der Waals surface area contributed by atoms with Gasteiger partial charge in [0.05, 0.1) is 5.41 Å². The van der Waals surface area contributed by atoms with E-state index >= 15 is 0 Å². The van der Waals surface area contributed by atoms with Crippen molar-refractivity contribution in [3.05, 3.63) is 0 Å². The van der Waals surface area contributed by atoms with E-state index in [-0.39, 0.29) is 23.9 Å². The second-order valence-electron chi connectivity index (χ2n) is 6.30. The maximum Gasteiger partial charge on any atom is 0.311 e. The van der Waals surface area contributed by atoms with Crippen molar-refractivity contribution in [2.45, 2.75) is 64.0 Å². The molecule has 4 unspecified atom stereocenters. The molecule has 0 aromatic rings. The summed E-state index contributed by atoms with van der Waals surface area (Å²) < 4.78 is 0. The highest BCUT2D eigenvalue weighted by Crippen LogP contribution is 2.38. The number of nitrogens with two attached hydrogens (primary N) is 1. The van der Waals surface area contributed by atoms with Gasteiger partial charge in [-0.3, -0.25) is 9.59 Å². The van der Waals surface area contributed by atoms with E-state index in [9.17, 15) is 14.7 Å². The maximum atomic E-state index is 12.3. The molecule has 0 bridgehead atoms. The number of carbonyl (C=O) groups excluding carboxylic acids is 1. The van der Waals surface area contributed by atoms with Crippen LogP contribution in [0, 0.1) is 11.3 Å². The maximum absolute atomic E-state index is 12.3. The van der Waals surface area contributed by atoms with Crippen molar-refractivity contribution in [2.24, 2.45) is 17.1 Å². The summed E-state index contributed by atoms with van der Waals surface area (Å²) in [6.07, 6.45) is 5.82. The van der Waals surface area contributed by atoms with Gasteiger partial charge in [-0.15, -0.1) is 0 Å². The van der Waals surface area contributed by atoms with Crippen LogP contribution in [-0.2, 0) is 9.59 Å². The quantitative estimate of drug-likeness (QED) is 0.718. The van der Waals surface area contributed by atoms with Crippen molar-refractivity contribution in [3.63, 3.8) is 0 Å². The van der Waals surface area contributed by atoms with Crippen LogP contribution in [0.25, 0.3) is 0 Å². The molecular formula is C14H24N2O3. The Kier molecular flexibility index (Phi) is 4.13. The molecule has 0 radical (unpaired) electrons. The zero-order chi connectivity index (χ0) is 14.0. The number of carbonyl (C=O) groups is 2. The van der Waals surface area contributed by atoms with Crippen LogP contribution in [0.3, 0.4) is 0 Å². The van der Waals surface area contributed by atoms with Gasteiger partial charge in [0, 0.05) is 18.0 Å². The number of aliphatic carboxylic acids is 1. The van der Waals surface area contributed by atoms with Gasteiger partial charge >= 0.3 is 5.97 Å². The minimum absolute atomic E-state index is 0.00507. The minimum Gasteiger partial charge on any atom is -0.481 e. The molecule has 5 heteroatoms. The van der Waals surface area contributed by atoms with Gasteiger partial charge < -0.3 is 16.2 Å². The summed E-state index contributed by atoms with van der Waals surface area (Å²) in [5, 5.41) is 12.3. The van der Waals surface area contributed by atoms with Crippen LogP contribution in [0.1, 0.15) is 51.9 Å². The summed E-state index contributed by atoms with van der Waals surface area (Å²) >= 11 is 0. The zero-order valence-corrected chi connectivity index (χ0v) is 11.5. The van der Waals surface area contributed by atoms with Crippen molar-refractivity contribution in [2.75, 3.05) is 0 Å². The number of carboxylic acid groups (broad SMARTS) is 1. The van der Waals surface area contributed by atoms with Crippen molar-refractivity contribution in [1.82, 2.24) is 5.32 Å². The van der Waals surface area contributed by atoms with E-state index in [4.69, 9.17) is 5.73 Å². The molecule has 2 aliphatic carbocycles. The lowest BCUT2D eigenvalue weighted by molar-refractivity contribution is -0.149. The molecule has 2 fully saturated rings.